The summed E-state index contributed by atoms with van der Waals surface area (Å²) in [5.41, 5.74) is 0.240. The Hall–Kier alpha value is -1.09. The molecule has 0 unspecified atom stereocenters. The second-order valence-corrected chi connectivity index (χ2v) is 2.52. The normalized spacial score (nSPS) is 8.57. The summed E-state index contributed by atoms with van der Waals surface area (Å²) in [5, 5.41) is 0.480. The smallest absolute Gasteiger partial charge is 0.356 e. The third-order valence-electron chi connectivity index (χ3n) is 1.21. The van der Waals surface area contributed by atoms with Crippen LogP contribution >= 0.6 is 11.6 Å². The van der Waals surface area contributed by atoms with Crippen LogP contribution in [0.15, 0.2) is 18.3 Å². The molecule has 0 fully saturated rings. The second-order valence-electron chi connectivity index (χ2n) is 2.08. The minimum absolute atomic E-state index is 0.240. The van der Waals surface area contributed by atoms with E-state index in [0.29, 0.717) is 11.6 Å². The number of aromatic nitrogens is 1. The van der Waals surface area contributed by atoms with Crippen molar-refractivity contribution in [2.75, 3.05) is 6.61 Å². The maximum atomic E-state index is 11.1. The van der Waals surface area contributed by atoms with Crippen LogP contribution in [0.4, 0.5) is 0 Å². The number of carbonyl (C=O) groups excluding carboxylic acids is 1. The molecule has 78 valence electrons. The van der Waals surface area contributed by atoms with Gasteiger partial charge < -0.3 is 4.74 Å². The van der Waals surface area contributed by atoms with E-state index in [-0.39, 0.29) is 5.69 Å². The zero-order chi connectivity index (χ0) is 11.0. The van der Waals surface area contributed by atoms with Crippen molar-refractivity contribution >= 4 is 17.6 Å². The molecule has 0 aromatic carbocycles. The Bertz CT molecular complexity index is 289. The molecule has 0 atom stereocenters. The van der Waals surface area contributed by atoms with Crippen molar-refractivity contribution in [1.29, 1.82) is 0 Å². The molecule has 0 saturated heterocycles. The van der Waals surface area contributed by atoms with Crippen LogP contribution in [0.5, 0.6) is 0 Å². The zero-order valence-corrected chi connectivity index (χ0v) is 9.34. The molecule has 1 aromatic heterocycles. The first-order valence-corrected chi connectivity index (χ1v) is 4.90. The van der Waals surface area contributed by atoms with Crippen molar-refractivity contribution < 1.29 is 9.53 Å². The molecular formula is C10H14ClNO2. The average molecular weight is 216 g/mol. The van der Waals surface area contributed by atoms with Crippen molar-refractivity contribution in [2.45, 2.75) is 20.8 Å². The Kier molecular flexibility index (Phi) is 6.76. The molecule has 0 bridgehead atoms. The predicted molar refractivity (Wildman–Crippen MR) is 56.6 cm³/mol. The van der Waals surface area contributed by atoms with Crippen LogP contribution in [0.2, 0.25) is 5.02 Å². The number of ether oxygens (including phenoxy) is 1. The molecule has 0 aliphatic heterocycles. The van der Waals surface area contributed by atoms with Gasteiger partial charge in [-0.3, -0.25) is 0 Å². The molecule has 3 nitrogen and oxygen atoms in total. The SMILES string of the molecule is CC.CCOC(=O)c1cc(Cl)ccn1. The summed E-state index contributed by atoms with van der Waals surface area (Å²) in [7, 11) is 0. The summed E-state index contributed by atoms with van der Waals surface area (Å²) in [6.07, 6.45) is 1.47. The van der Waals surface area contributed by atoms with Gasteiger partial charge in [0.05, 0.1) is 6.61 Å². The minimum Gasteiger partial charge on any atom is -0.461 e. The van der Waals surface area contributed by atoms with Gasteiger partial charge in [0.1, 0.15) is 5.69 Å². The molecule has 14 heavy (non-hydrogen) atoms. The van der Waals surface area contributed by atoms with Crippen LogP contribution in [0.25, 0.3) is 0 Å². The van der Waals surface area contributed by atoms with E-state index in [9.17, 15) is 4.79 Å². The minimum atomic E-state index is -0.444. The second kappa shape index (κ2) is 7.33. The number of halogens is 1. The van der Waals surface area contributed by atoms with Crippen molar-refractivity contribution in [1.82, 2.24) is 4.98 Å². The molecule has 1 rings (SSSR count). The van der Waals surface area contributed by atoms with Crippen LogP contribution in [0.3, 0.4) is 0 Å². The fourth-order valence-electron chi connectivity index (χ4n) is 0.721. The van der Waals surface area contributed by atoms with Crippen LogP contribution in [-0.2, 0) is 4.74 Å². The van der Waals surface area contributed by atoms with Gasteiger partial charge in [-0.1, -0.05) is 25.4 Å². The highest BCUT2D eigenvalue weighted by molar-refractivity contribution is 6.30. The summed E-state index contributed by atoms with van der Waals surface area (Å²) in [4.78, 5) is 14.9. The predicted octanol–water partition coefficient (Wildman–Crippen LogP) is 2.94. The molecule has 0 aliphatic carbocycles. The Morgan fingerprint density at radius 2 is 2.21 bits per heavy atom. The quantitative estimate of drug-likeness (QED) is 0.712. The molecule has 0 saturated carbocycles. The van der Waals surface area contributed by atoms with E-state index in [2.05, 4.69) is 4.98 Å². The van der Waals surface area contributed by atoms with Gasteiger partial charge in [-0.15, -0.1) is 0 Å². The first-order chi connectivity index (χ1) is 6.74. The molecule has 0 N–H and O–H groups in total. The van der Waals surface area contributed by atoms with Gasteiger partial charge >= 0.3 is 5.97 Å². The van der Waals surface area contributed by atoms with Crippen LogP contribution in [-0.4, -0.2) is 17.6 Å². The molecule has 1 heterocycles. The van der Waals surface area contributed by atoms with E-state index in [4.69, 9.17) is 16.3 Å². The van der Waals surface area contributed by atoms with E-state index in [1.54, 1.807) is 13.0 Å². The van der Waals surface area contributed by atoms with E-state index < -0.39 is 5.97 Å². The maximum absolute atomic E-state index is 11.1. The number of hydrogen-bond acceptors (Lipinski definition) is 3. The van der Waals surface area contributed by atoms with E-state index in [1.807, 2.05) is 13.8 Å². The van der Waals surface area contributed by atoms with Gasteiger partial charge in [-0.25, -0.2) is 9.78 Å². The Balaban J connectivity index is 0.000000791. The van der Waals surface area contributed by atoms with Crippen molar-refractivity contribution in [2.24, 2.45) is 0 Å². The van der Waals surface area contributed by atoms with E-state index in [1.165, 1.54) is 12.3 Å². The number of rotatable bonds is 2. The van der Waals surface area contributed by atoms with Crippen LogP contribution in [0, 0.1) is 0 Å². The third kappa shape index (κ3) is 4.23. The lowest BCUT2D eigenvalue weighted by Crippen LogP contribution is -2.06. The standard InChI is InChI=1S/C8H8ClNO2.C2H6/c1-2-12-8(11)7-5-6(9)3-4-10-7;1-2/h3-5H,2H2,1H3;1-2H3. The highest BCUT2D eigenvalue weighted by Crippen LogP contribution is 2.08. The maximum Gasteiger partial charge on any atom is 0.356 e. The summed E-state index contributed by atoms with van der Waals surface area (Å²) in [6, 6.07) is 3.07. The monoisotopic (exact) mass is 215 g/mol. The highest BCUT2D eigenvalue weighted by atomic mass is 35.5. The van der Waals surface area contributed by atoms with Gasteiger partial charge in [0, 0.05) is 11.2 Å². The highest BCUT2D eigenvalue weighted by Gasteiger charge is 2.06. The Labute approximate surface area is 89.1 Å². The van der Waals surface area contributed by atoms with E-state index in [0.717, 1.165) is 0 Å². The number of esters is 1. The lowest BCUT2D eigenvalue weighted by atomic mass is 10.3. The summed E-state index contributed by atoms with van der Waals surface area (Å²) < 4.78 is 4.72. The Morgan fingerprint density at radius 3 is 2.71 bits per heavy atom. The molecule has 0 aliphatic rings. The largest absolute Gasteiger partial charge is 0.461 e. The number of nitrogens with zero attached hydrogens (tertiary/aromatic N) is 1. The van der Waals surface area contributed by atoms with Crippen molar-refractivity contribution in [3.63, 3.8) is 0 Å². The van der Waals surface area contributed by atoms with Crippen molar-refractivity contribution in [3.05, 3.63) is 29.0 Å². The molecule has 0 spiro atoms. The third-order valence-corrected chi connectivity index (χ3v) is 1.44. The lowest BCUT2D eigenvalue weighted by Gasteiger charge is -1.99. The number of pyridine rings is 1. The zero-order valence-electron chi connectivity index (χ0n) is 8.58. The van der Waals surface area contributed by atoms with E-state index >= 15 is 0 Å². The molecule has 1 aromatic rings. The molecule has 0 radical (unpaired) electrons. The first kappa shape index (κ1) is 12.9. The van der Waals surface area contributed by atoms with Gasteiger partial charge in [0.15, 0.2) is 0 Å². The Morgan fingerprint density at radius 1 is 1.57 bits per heavy atom. The van der Waals surface area contributed by atoms with Gasteiger partial charge in [-0.2, -0.15) is 0 Å². The summed E-state index contributed by atoms with van der Waals surface area (Å²) in [5.74, 6) is -0.444. The summed E-state index contributed by atoms with van der Waals surface area (Å²) >= 11 is 5.64. The summed E-state index contributed by atoms with van der Waals surface area (Å²) in [6.45, 7) is 6.08. The number of hydrogen-bond donors (Lipinski definition) is 0. The van der Waals surface area contributed by atoms with Gasteiger partial charge in [0.2, 0.25) is 0 Å². The van der Waals surface area contributed by atoms with Crippen LogP contribution < -0.4 is 0 Å². The average Bonchev–Trinajstić information content (AvgIpc) is 2.21. The lowest BCUT2D eigenvalue weighted by molar-refractivity contribution is 0.0519. The number of carbonyl (C=O) groups is 1. The van der Waals surface area contributed by atoms with Crippen molar-refractivity contribution in [3.8, 4) is 0 Å². The van der Waals surface area contributed by atoms with Crippen LogP contribution in [0.1, 0.15) is 31.3 Å². The first-order valence-electron chi connectivity index (χ1n) is 4.52. The fourth-order valence-corrected chi connectivity index (χ4v) is 0.881. The van der Waals surface area contributed by atoms with Gasteiger partial charge in [-0.05, 0) is 19.1 Å². The van der Waals surface area contributed by atoms with Gasteiger partial charge in [0.25, 0.3) is 0 Å². The molecule has 4 heteroatoms. The molecule has 0 amide bonds. The fraction of sp³-hybridized carbons (Fsp3) is 0.400. The molecular weight excluding hydrogens is 202 g/mol. The topological polar surface area (TPSA) is 39.2 Å².